The van der Waals surface area contributed by atoms with Crippen molar-refractivity contribution in [2.24, 2.45) is 0 Å². The summed E-state index contributed by atoms with van der Waals surface area (Å²) < 4.78 is 31.6. The molecule has 20 heavy (non-hydrogen) atoms. The Hall–Kier alpha value is -1.73. The molecule has 0 bridgehead atoms. The Morgan fingerprint density at radius 1 is 1.35 bits per heavy atom. The molecule has 0 saturated heterocycles. The van der Waals surface area contributed by atoms with E-state index < -0.39 is 10.0 Å². The summed E-state index contributed by atoms with van der Waals surface area (Å²) in [5.41, 5.74) is 1.19. The van der Waals surface area contributed by atoms with Gasteiger partial charge in [-0.2, -0.15) is 4.31 Å². The van der Waals surface area contributed by atoms with Crippen LogP contribution >= 0.6 is 0 Å². The van der Waals surface area contributed by atoms with E-state index in [2.05, 4.69) is 10.1 Å². The van der Waals surface area contributed by atoms with Gasteiger partial charge in [-0.15, -0.1) is 0 Å². The third kappa shape index (κ3) is 2.46. The molecule has 1 atom stereocenters. The average Bonchev–Trinajstić information content (AvgIpc) is 2.78. The molecule has 6 nitrogen and oxygen atoms in total. The number of hydrogen-bond acceptors (Lipinski definition) is 5. The molecule has 0 amide bonds. The van der Waals surface area contributed by atoms with Crippen LogP contribution in [0.3, 0.4) is 0 Å². The first kappa shape index (κ1) is 14.7. The summed E-state index contributed by atoms with van der Waals surface area (Å²) in [6.07, 6.45) is 3.31. The van der Waals surface area contributed by atoms with Crippen LogP contribution in [0.2, 0.25) is 0 Å². The zero-order valence-electron chi connectivity index (χ0n) is 11.9. The molecule has 0 aliphatic rings. The molecule has 0 aromatic carbocycles. The monoisotopic (exact) mass is 295 g/mol. The minimum atomic E-state index is -3.66. The van der Waals surface area contributed by atoms with Gasteiger partial charge in [0.1, 0.15) is 10.6 Å². The van der Waals surface area contributed by atoms with Gasteiger partial charge in [0.25, 0.3) is 0 Å². The summed E-state index contributed by atoms with van der Waals surface area (Å²) in [6.45, 7) is 5.02. The highest BCUT2D eigenvalue weighted by molar-refractivity contribution is 7.89. The zero-order chi connectivity index (χ0) is 14.9. The molecule has 7 heteroatoms. The Labute approximate surface area is 118 Å². The minimum Gasteiger partial charge on any atom is -0.360 e. The number of aromatic nitrogens is 2. The number of pyridine rings is 1. The molecule has 0 aliphatic heterocycles. The molecule has 0 unspecified atom stereocenters. The van der Waals surface area contributed by atoms with Gasteiger partial charge in [0.2, 0.25) is 10.0 Å². The second-order valence-corrected chi connectivity index (χ2v) is 6.57. The second-order valence-electron chi connectivity index (χ2n) is 4.64. The first-order chi connectivity index (χ1) is 9.35. The van der Waals surface area contributed by atoms with Crippen LogP contribution in [0.25, 0.3) is 0 Å². The Morgan fingerprint density at radius 2 is 2.05 bits per heavy atom. The highest BCUT2D eigenvalue weighted by atomic mass is 32.2. The molecule has 2 heterocycles. The summed E-state index contributed by atoms with van der Waals surface area (Å²) in [6, 6.07) is 3.29. The molecule has 2 aromatic heterocycles. The van der Waals surface area contributed by atoms with E-state index in [0.29, 0.717) is 11.5 Å². The van der Waals surface area contributed by atoms with E-state index >= 15 is 0 Å². The number of rotatable bonds is 4. The van der Waals surface area contributed by atoms with E-state index in [-0.39, 0.29) is 10.9 Å². The molecule has 108 valence electrons. The van der Waals surface area contributed by atoms with Crippen molar-refractivity contribution in [2.75, 3.05) is 7.05 Å². The average molecular weight is 295 g/mol. The van der Waals surface area contributed by atoms with Gasteiger partial charge in [-0.1, -0.05) is 11.2 Å². The van der Waals surface area contributed by atoms with E-state index in [0.717, 1.165) is 5.56 Å². The first-order valence-electron chi connectivity index (χ1n) is 6.16. The molecular weight excluding hydrogens is 278 g/mol. The molecule has 0 radical (unpaired) electrons. The maximum absolute atomic E-state index is 12.7. The van der Waals surface area contributed by atoms with Crippen molar-refractivity contribution in [2.45, 2.75) is 31.7 Å². The lowest BCUT2D eigenvalue weighted by molar-refractivity contribution is 0.384. The Bertz CT molecular complexity index is 675. The molecule has 0 N–H and O–H groups in total. The van der Waals surface area contributed by atoms with Crippen LogP contribution < -0.4 is 0 Å². The standard InChI is InChI=1S/C13H17N3O3S/c1-9-13(11(3)19-15-9)20(17,18)16(4)10(2)12-6-5-7-14-8-12/h5-8,10H,1-4H3/t10-/m0/s1. The van der Waals surface area contributed by atoms with Crippen LogP contribution in [0, 0.1) is 13.8 Å². The van der Waals surface area contributed by atoms with E-state index in [1.54, 1.807) is 39.4 Å². The van der Waals surface area contributed by atoms with Crippen LogP contribution in [0.15, 0.2) is 33.9 Å². The van der Waals surface area contributed by atoms with Crippen LogP contribution in [0.1, 0.15) is 30.0 Å². The topological polar surface area (TPSA) is 76.3 Å². The van der Waals surface area contributed by atoms with Gasteiger partial charge in [-0.3, -0.25) is 4.98 Å². The summed E-state index contributed by atoms with van der Waals surface area (Å²) in [5.74, 6) is 0.299. The minimum absolute atomic E-state index is 0.135. The van der Waals surface area contributed by atoms with Crippen molar-refractivity contribution >= 4 is 10.0 Å². The molecule has 0 fully saturated rings. The van der Waals surface area contributed by atoms with E-state index in [1.165, 1.54) is 4.31 Å². The van der Waals surface area contributed by atoms with Crippen molar-refractivity contribution < 1.29 is 12.9 Å². The van der Waals surface area contributed by atoms with E-state index in [9.17, 15) is 8.42 Å². The fourth-order valence-electron chi connectivity index (χ4n) is 2.03. The maximum Gasteiger partial charge on any atom is 0.248 e. The summed E-state index contributed by atoms with van der Waals surface area (Å²) >= 11 is 0. The maximum atomic E-state index is 12.7. The van der Waals surface area contributed by atoms with Gasteiger partial charge in [0.15, 0.2) is 5.76 Å². The van der Waals surface area contributed by atoms with E-state index in [4.69, 9.17) is 4.52 Å². The zero-order valence-corrected chi connectivity index (χ0v) is 12.7. The molecule has 0 saturated carbocycles. The normalized spacial score (nSPS) is 13.7. The van der Waals surface area contributed by atoms with Crippen LogP contribution in [-0.2, 0) is 10.0 Å². The van der Waals surface area contributed by atoms with Gasteiger partial charge in [-0.05, 0) is 32.4 Å². The van der Waals surface area contributed by atoms with Crippen molar-refractivity contribution in [3.63, 3.8) is 0 Å². The predicted octanol–water partition coefficient (Wildman–Crippen LogP) is 2.07. The highest BCUT2D eigenvalue weighted by Gasteiger charge is 2.31. The van der Waals surface area contributed by atoms with Gasteiger partial charge >= 0.3 is 0 Å². The lowest BCUT2D eigenvalue weighted by Gasteiger charge is -2.24. The Balaban J connectivity index is 2.40. The fraction of sp³-hybridized carbons (Fsp3) is 0.385. The summed E-state index contributed by atoms with van der Waals surface area (Å²) in [4.78, 5) is 4.15. The van der Waals surface area contributed by atoms with Crippen molar-refractivity contribution in [3.8, 4) is 0 Å². The number of sulfonamides is 1. The van der Waals surface area contributed by atoms with Crippen molar-refractivity contribution in [3.05, 3.63) is 41.5 Å². The predicted molar refractivity (Wildman–Crippen MR) is 73.6 cm³/mol. The molecule has 2 rings (SSSR count). The Kier molecular flexibility index (Phi) is 3.92. The second kappa shape index (κ2) is 5.34. The van der Waals surface area contributed by atoms with E-state index in [1.807, 2.05) is 13.0 Å². The molecule has 2 aromatic rings. The Morgan fingerprint density at radius 3 is 2.55 bits per heavy atom. The lowest BCUT2D eigenvalue weighted by Crippen LogP contribution is -2.30. The van der Waals surface area contributed by atoms with Crippen LogP contribution in [0.5, 0.6) is 0 Å². The van der Waals surface area contributed by atoms with Crippen molar-refractivity contribution in [1.82, 2.24) is 14.4 Å². The molecular formula is C13H17N3O3S. The van der Waals surface area contributed by atoms with Gasteiger partial charge < -0.3 is 4.52 Å². The van der Waals surface area contributed by atoms with Gasteiger partial charge in [0.05, 0.1) is 0 Å². The van der Waals surface area contributed by atoms with Crippen LogP contribution in [0.4, 0.5) is 0 Å². The number of aryl methyl sites for hydroxylation is 2. The number of hydrogen-bond donors (Lipinski definition) is 0. The largest absolute Gasteiger partial charge is 0.360 e. The summed E-state index contributed by atoms with van der Waals surface area (Å²) in [7, 11) is -2.11. The van der Waals surface area contributed by atoms with Crippen molar-refractivity contribution in [1.29, 1.82) is 0 Å². The SMILES string of the molecule is Cc1noc(C)c1S(=O)(=O)N(C)[C@@H](C)c1cccnc1. The smallest absolute Gasteiger partial charge is 0.248 e. The summed E-state index contributed by atoms with van der Waals surface area (Å²) in [5, 5.41) is 3.70. The molecule has 0 aliphatic carbocycles. The number of nitrogens with zero attached hydrogens (tertiary/aromatic N) is 3. The van der Waals surface area contributed by atoms with Crippen LogP contribution in [-0.4, -0.2) is 29.9 Å². The quantitative estimate of drug-likeness (QED) is 0.863. The molecule has 0 spiro atoms. The third-order valence-corrected chi connectivity index (χ3v) is 5.49. The highest BCUT2D eigenvalue weighted by Crippen LogP contribution is 2.28. The lowest BCUT2D eigenvalue weighted by atomic mass is 10.1. The van der Waals surface area contributed by atoms with Gasteiger partial charge in [0, 0.05) is 25.5 Å². The third-order valence-electron chi connectivity index (χ3n) is 3.32. The fourth-order valence-corrected chi connectivity index (χ4v) is 3.67. The van der Waals surface area contributed by atoms with Gasteiger partial charge in [-0.25, -0.2) is 8.42 Å². The first-order valence-corrected chi connectivity index (χ1v) is 7.60.